The molecule has 1 amide bonds. The number of alkyl carbamates (subject to hydrolysis) is 1. The molecule has 0 aliphatic heterocycles. The Balaban J connectivity index is 1.39. The molecule has 2 aliphatic rings. The fourth-order valence-corrected chi connectivity index (χ4v) is 4.00. The van der Waals surface area contributed by atoms with E-state index in [-0.39, 0.29) is 12.1 Å². The molecule has 124 valence electrons. The van der Waals surface area contributed by atoms with E-state index in [9.17, 15) is 4.79 Å². The highest BCUT2D eigenvalue weighted by molar-refractivity contribution is 5.68. The van der Waals surface area contributed by atoms with Crippen LogP contribution >= 0.6 is 0 Å². The van der Waals surface area contributed by atoms with Gasteiger partial charge in [0.15, 0.2) is 0 Å². The van der Waals surface area contributed by atoms with Crippen molar-refractivity contribution in [2.24, 2.45) is 5.41 Å². The minimum absolute atomic E-state index is 0.179. The summed E-state index contributed by atoms with van der Waals surface area (Å²) < 4.78 is 5.41. The van der Waals surface area contributed by atoms with Crippen LogP contribution in [0.15, 0.2) is 60.7 Å². The first-order valence-electron chi connectivity index (χ1n) is 8.76. The van der Waals surface area contributed by atoms with Crippen molar-refractivity contribution >= 4 is 6.09 Å². The molecule has 1 N–H and O–H groups in total. The summed E-state index contributed by atoms with van der Waals surface area (Å²) in [5.74, 6) is 0.401. The molecular weight excluding hydrogens is 298 g/mol. The molecule has 2 aromatic carbocycles. The third-order valence-corrected chi connectivity index (χ3v) is 5.49. The summed E-state index contributed by atoms with van der Waals surface area (Å²) >= 11 is 0. The summed E-state index contributed by atoms with van der Waals surface area (Å²) in [5, 5.41) is 3.13. The molecule has 2 aliphatic carbocycles. The molecule has 0 unspecified atom stereocenters. The van der Waals surface area contributed by atoms with Gasteiger partial charge in [-0.1, -0.05) is 60.7 Å². The van der Waals surface area contributed by atoms with Crippen molar-refractivity contribution in [1.82, 2.24) is 5.32 Å². The Morgan fingerprint density at radius 3 is 2.33 bits per heavy atom. The van der Waals surface area contributed by atoms with Gasteiger partial charge < -0.3 is 10.1 Å². The normalized spacial score (nSPS) is 23.8. The fraction of sp³-hybridized carbons (Fsp3) is 0.381. The largest absolute Gasteiger partial charge is 0.445 e. The summed E-state index contributed by atoms with van der Waals surface area (Å²) in [6, 6.07) is 20.5. The van der Waals surface area contributed by atoms with E-state index in [2.05, 4.69) is 29.6 Å². The average Bonchev–Trinajstić information content (AvgIpc) is 3.28. The zero-order chi connectivity index (χ0) is 16.4. The number of nitrogens with one attached hydrogen (secondary N) is 1. The Morgan fingerprint density at radius 1 is 1.00 bits per heavy atom. The van der Waals surface area contributed by atoms with E-state index in [0.717, 1.165) is 12.0 Å². The van der Waals surface area contributed by atoms with Gasteiger partial charge in [0, 0.05) is 12.0 Å². The number of amides is 1. The van der Waals surface area contributed by atoms with Crippen LogP contribution in [-0.4, -0.2) is 12.1 Å². The Hall–Kier alpha value is -2.29. The van der Waals surface area contributed by atoms with E-state index in [4.69, 9.17) is 4.74 Å². The Labute approximate surface area is 143 Å². The molecule has 0 bridgehead atoms. The van der Waals surface area contributed by atoms with Gasteiger partial charge in [0.05, 0.1) is 0 Å². The van der Waals surface area contributed by atoms with Crippen molar-refractivity contribution in [3.8, 4) is 0 Å². The molecule has 2 saturated carbocycles. The summed E-state index contributed by atoms with van der Waals surface area (Å²) in [6.45, 7) is 0.320. The summed E-state index contributed by atoms with van der Waals surface area (Å²) in [7, 11) is 0. The average molecular weight is 321 g/mol. The highest BCUT2D eigenvalue weighted by atomic mass is 16.5. The third kappa shape index (κ3) is 3.30. The molecular formula is C21H23NO2. The van der Waals surface area contributed by atoms with Crippen LogP contribution in [0.2, 0.25) is 0 Å². The van der Waals surface area contributed by atoms with Gasteiger partial charge in [0.25, 0.3) is 0 Å². The van der Waals surface area contributed by atoms with Crippen LogP contribution in [0.3, 0.4) is 0 Å². The lowest BCUT2D eigenvalue weighted by molar-refractivity contribution is 0.134. The van der Waals surface area contributed by atoms with Crippen LogP contribution in [0.25, 0.3) is 0 Å². The first kappa shape index (κ1) is 15.3. The molecule has 0 saturated heterocycles. The van der Waals surface area contributed by atoms with Gasteiger partial charge in [-0.25, -0.2) is 4.79 Å². The topological polar surface area (TPSA) is 38.3 Å². The van der Waals surface area contributed by atoms with Crippen molar-refractivity contribution in [1.29, 1.82) is 0 Å². The quantitative estimate of drug-likeness (QED) is 0.891. The second-order valence-corrected chi connectivity index (χ2v) is 7.24. The second kappa shape index (κ2) is 6.31. The smallest absolute Gasteiger partial charge is 0.407 e. The van der Waals surface area contributed by atoms with Gasteiger partial charge in [0.2, 0.25) is 0 Å². The molecule has 3 nitrogen and oxygen atoms in total. The number of hydrogen-bond acceptors (Lipinski definition) is 2. The molecule has 0 aromatic heterocycles. The lowest BCUT2D eigenvalue weighted by Gasteiger charge is -2.21. The monoisotopic (exact) mass is 321 g/mol. The summed E-state index contributed by atoms with van der Waals surface area (Å²) in [5.41, 5.74) is 2.81. The number of hydrogen-bond donors (Lipinski definition) is 1. The van der Waals surface area contributed by atoms with Crippen molar-refractivity contribution in [3.05, 3.63) is 71.8 Å². The predicted molar refractivity (Wildman–Crippen MR) is 93.6 cm³/mol. The van der Waals surface area contributed by atoms with Crippen LogP contribution in [0.1, 0.15) is 42.7 Å². The van der Waals surface area contributed by atoms with Crippen molar-refractivity contribution in [2.75, 3.05) is 0 Å². The van der Waals surface area contributed by atoms with E-state index >= 15 is 0 Å². The van der Waals surface area contributed by atoms with Gasteiger partial charge in [-0.2, -0.15) is 0 Å². The van der Waals surface area contributed by atoms with Gasteiger partial charge in [0.1, 0.15) is 6.61 Å². The zero-order valence-electron chi connectivity index (χ0n) is 13.8. The molecule has 0 heterocycles. The second-order valence-electron chi connectivity index (χ2n) is 7.24. The lowest BCUT2D eigenvalue weighted by Crippen LogP contribution is -2.37. The Morgan fingerprint density at radius 2 is 1.67 bits per heavy atom. The molecule has 2 fully saturated rings. The standard InChI is InChI=1S/C21H23NO2/c23-20(24-15-16-7-3-1-4-8-16)22-19-14-21(11-12-21)13-18(19)17-9-5-2-6-10-17/h1-10,18-19H,11-15H2,(H,22,23)/t18-,19+/m0/s1. The van der Waals surface area contributed by atoms with Crippen LogP contribution in [0.5, 0.6) is 0 Å². The maximum atomic E-state index is 12.2. The van der Waals surface area contributed by atoms with Crippen molar-refractivity contribution in [3.63, 3.8) is 0 Å². The SMILES string of the molecule is O=C(N[C@@H]1CC2(CC2)C[C@H]1c1ccccc1)OCc1ccccc1. The lowest BCUT2D eigenvalue weighted by atomic mass is 9.93. The van der Waals surface area contributed by atoms with Crippen LogP contribution in [-0.2, 0) is 11.3 Å². The molecule has 2 aromatic rings. The molecule has 2 atom stereocenters. The van der Waals surface area contributed by atoms with Crippen LogP contribution in [0, 0.1) is 5.41 Å². The number of rotatable bonds is 4. The maximum Gasteiger partial charge on any atom is 0.407 e. The molecule has 1 spiro atoms. The molecule has 3 heteroatoms. The predicted octanol–water partition coefficient (Wildman–Crippen LogP) is 4.64. The highest BCUT2D eigenvalue weighted by Crippen LogP contribution is 2.61. The highest BCUT2D eigenvalue weighted by Gasteiger charge is 2.53. The number of benzene rings is 2. The number of carbonyl (C=O) groups is 1. The van der Waals surface area contributed by atoms with Crippen molar-refractivity contribution in [2.45, 2.75) is 44.2 Å². The molecule has 24 heavy (non-hydrogen) atoms. The van der Waals surface area contributed by atoms with Crippen molar-refractivity contribution < 1.29 is 9.53 Å². The van der Waals surface area contributed by atoms with E-state index in [1.807, 2.05) is 36.4 Å². The maximum absolute atomic E-state index is 12.2. The minimum Gasteiger partial charge on any atom is -0.445 e. The Bertz CT molecular complexity index is 694. The van der Waals surface area contributed by atoms with Gasteiger partial charge in [-0.05, 0) is 42.2 Å². The Kier molecular flexibility index (Phi) is 4.01. The van der Waals surface area contributed by atoms with Crippen LogP contribution in [0.4, 0.5) is 4.79 Å². The molecule has 4 rings (SSSR count). The van der Waals surface area contributed by atoms with E-state index < -0.39 is 0 Å². The summed E-state index contributed by atoms with van der Waals surface area (Å²) in [4.78, 5) is 12.2. The third-order valence-electron chi connectivity index (χ3n) is 5.49. The first-order valence-corrected chi connectivity index (χ1v) is 8.76. The van der Waals surface area contributed by atoms with Gasteiger partial charge in [-0.3, -0.25) is 0 Å². The van der Waals surface area contributed by atoms with Gasteiger partial charge in [-0.15, -0.1) is 0 Å². The number of ether oxygens (including phenoxy) is 1. The van der Waals surface area contributed by atoms with Crippen LogP contribution < -0.4 is 5.32 Å². The number of carbonyl (C=O) groups excluding carboxylic acids is 1. The van der Waals surface area contributed by atoms with E-state index in [1.54, 1.807) is 0 Å². The van der Waals surface area contributed by atoms with E-state index in [0.29, 0.717) is 17.9 Å². The van der Waals surface area contributed by atoms with Gasteiger partial charge >= 0.3 is 6.09 Å². The summed E-state index contributed by atoms with van der Waals surface area (Å²) in [6.07, 6.45) is 4.55. The zero-order valence-corrected chi connectivity index (χ0v) is 13.8. The fourth-order valence-electron chi connectivity index (χ4n) is 4.00. The molecule has 0 radical (unpaired) electrons. The minimum atomic E-state index is -0.303. The first-order chi connectivity index (χ1) is 11.7. The van der Waals surface area contributed by atoms with E-state index in [1.165, 1.54) is 24.8 Å².